The van der Waals surface area contributed by atoms with E-state index < -0.39 is 11.0 Å². The summed E-state index contributed by atoms with van der Waals surface area (Å²) in [6.07, 6.45) is 0.329. The molecule has 0 radical (unpaired) electrons. The van der Waals surface area contributed by atoms with Gasteiger partial charge in [-0.2, -0.15) is 0 Å². The van der Waals surface area contributed by atoms with Crippen molar-refractivity contribution >= 4 is 11.7 Å². The van der Waals surface area contributed by atoms with Crippen LogP contribution in [0.1, 0.15) is 18.9 Å². The molecule has 2 N–H and O–H groups in total. The first-order chi connectivity index (χ1) is 8.54. The van der Waals surface area contributed by atoms with Crippen molar-refractivity contribution in [3.63, 3.8) is 0 Å². The molecule has 0 saturated carbocycles. The molecule has 0 aliphatic rings. The molecule has 0 fully saturated rings. The SMILES string of the molecule is CCOC(=O)CC(N)Cc1ccccc1[N+](=O)[O-]. The average Bonchev–Trinajstić information content (AvgIpc) is 2.29. The molecule has 0 heterocycles. The number of hydrogen-bond acceptors (Lipinski definition) is 5. The first-order valence-corrected chi connectivity index (χ1v) is 5.68. The van der Waals surface area contributed by atoms with Crippen molar-refractivity contribution < 1.29 is 14.5 Å². The number of rotatable bonds is 6. The number of esters is 1. The van der Waals surface area contributed by atoms with E-state index in [2.05, 4.69) is 0 Å². The Morgan fingerprint density at radius 3 is 2.78 bits per heavy atom. The van der Waals surface area contributed by atoms with Crippen molar-refractivity contribution in [2.24, 2.45) is 5.73 Å². The van der Waals surface area contributed by atoms with Gasteiger partial charge in [-0.3, -0.25) is 14.9 Å². The van der Waals surface area contributed by atoms with Crippen molar-refractivity contribution in [2.75, 3.05) is 6.61 Å². The summed E-state index contributed by atoms with van der Waals surface area (Å²) in [5, 5.41) is 10.8. The van der Waals surface area contributed by atoms with Crippen LogP contribution in [-0.4, -0.2) is 23.5 Å². The van der Waals surface area contributed by atoms with E-state index >= 15 is 0 Å². The van der Waals surface area contributed by atoms with Crippen molar-refractivity contribution in [1.82, 2.24) is 0 Å². The van der Waals surface area contributed by atoms with Crippen LogP contribution in [0.2, 0.25) is 0 Å². The van der Waals surface area contributed by atoms with E-state index in [1.165, 1.54) is 6.07 Å². The number of benzene rings is 1. The lowest BCUT2D eigenvalue weighted by Gasteiger charge is -2.10. The summed E-state index contributed by atoms with van der Waals surface area (Å²) >= 11 is 0. The van der Waals surface area contributed by atoms with Gasteiger partial charge in [0.15, 0.2) is 0 Å². The molecule has 0 aliphatic carbocycles. The van der Waals surface area contributed by atoms with Gasteiger partial charge < -0.3 is 10.5 Å². The number of para-hydroxylation sites is 1. The van der Waals surface area contributed by atoms with Gasteiger partial charge in [0.1, 0.15) is 0 Å². The Hall–Kier alpha value is -1.95. The Balaban J connectivity index is 2.67. The zero-order valence-electron chi connectivity index (χ0n) is 10.2. The van der Waals surface area contributed by atoms with Crippen LogP contribution in [0.25, 0.3) is 0 Å². The van der Waals surface area contributed by atoms with Crippen LogP contribution in [-0.2, 0) is 16.0 Å². The standard InChI is InChI=1S/C12H16N2O4/c1-2-18-12(15)8-10(13)7-9-5-3-4-6-11(9)14(16)17/h3-6,10H,2,7-8,13H2,1H3. The van der Waals surface area contributed by atoms with Gasteiger partial charge >= 0.3 is 5.97 Å². The van der Waals surface area contributed by atoms with Crippen LogP contribution in [0.4, 0.5) is 5.69 Å². The first kappa shape index (κ1) is 14.1. The fourth-order valence-corrected chi connectivity index (χ4v) is 1.65. The highest BCUT2D eigenvalue weighted by Crippen LogP contribution is 2.19. The molecule has 1 aromatic rings. The molecule has 0 aromatic heterocycles. The Bertz CT molecular complexity index is 434. The Labute approximate surface area is 105 Å². The zero-order valence-corrected chi connectivity index (χ0v) is 10.2. The largest absolute Gasteiger partial charge is 0.466 e. The average molecular weight is 252 g/mol. The molecular formula is C12H16N2O4. The van der Waals surface area contributed by atoms with E-state index in [0.717, 1.165) is 0 Å². The minimum atomic E-state index is -0.481. The molecule has 0 aliphatic heterocycles. The van der Waals surface area contributed by atoms with Crippen LogP contribution in [0.5, 0.6) is 0 Å². The second-order valence-corrected chi connectivity index (χ2v) is 3.86. The third-order valence-corrected chi connectivity index (χ3v) is 2.40. The molecule has 1 aromatic carbocycles. The van der Waals surface area contributed by atoms with Crippen LogP contribution in [0, 0.1) is 10.1 Å². The molecule has 0 saturated heterocycles. The molecular weight excluding hydrogens is 236 g/mol. The van der Waals surface area contributed by atoms with E-state index in [4.69, 9.17) is 10.5 Å². The Kier molecular flexibility index (Phi) is 5.26. The first-order valence-electron chi connectivity index (χ1n) is 5.68. The third kappa shape index (κ3) is 4.14. The highest BCUT2D eigenvalue weighted by molar-refractivity contribution is 5.70. The zero-order chi connectivity index (χ0) is 13.5. The second-order valence-electron chi connectivity index (χ2n) is 3.86. The summed E-state index contributed by atoms with van der Waals surface area (Å²) in [4.78, 5) is 21.6. The Morgan fingerprint density at radius 2 is 2.17 bits per heavy atom. The number of carbonyl (C=O) groups is 1. The van der Waals surface area contributed by atoms with Gasteiger partial charge in [0.05, 0.1) is 18.0 Å². The van der Waals surface area contributed by atoms with E-state index in [-0.39, 0.29) is 24.5 Å². The number of nitro benzene ring substituents is 1. The quantitative estimate of drug-likeness (QED) is 0.469. The topological polar surface area (TPSA) is 95.5 Å². The lowest BCUT2D eigenvalue weighted by atomic mass is 10.0. The van der Waals surface area contributed by atoms with Gasteiger partial charge in [-0.15, -0.1) is 0 Å². The van der Waals surface area contributed by atoms with Gasteiger partial charge in [0.25, 0.3) is 5.69 Å². The molecule has 1 unspecified atom stereocenters. The molecule has 6 nitrogen and oxygen atoms in total. The number of hydrogen-bond donors (Lipinski definition) is 1. The lowest BCUT2D eigenvalue weighted by molar-refractivity contribution is -0.385. The second kappa shape index (κ2) is 6.70. The van der Waals surface area contributed by atoms with Crippen LogP contribution in [0.3, 0.4) is 0 Å². The molecule has 0 amide bonds. The highest BCUT2D eigenvalue weighted by Gasteiger charge is 2.17. The number of nitrogens with two attached hydrogens (primary N) is 1. The normalized spacial score (nSPS) is 11.9. The maximum Gasteiger partial charge on any atom is 0.307 e. The van der Waals surface area contributed by atoms with E-state index in [0.29, 0.717) is 12.2 Å². The molecule has 6 heteroatoms. The summed E-state index contributed by atoms with van der Waals surface area (Å²) < 4.78 is 4.78. The van der Waals surface area contributed by atoms with Gasteiger partial charge in [-0.25, -0.2) is 0 Å². The number of ether oxygens (including phenoxy) is 1. The fourth-order valence-electron chi connectivity index (χ4n) is 1.65. The maximum absolute atomic E-state index is 11.2. The summed E-state index contributed by atoms with van der Waals surface area (Å²) in [5.41, 5.74) is 6.33. The smallest absolute Gasteiger partial charge is 0.307 e. The molecule has 1 rings (SSSR count). The van der Waals surface area contributed by atoms with Crippen molar-refractivity contribution in [3.05, 3.63) is 39.9 Å². The number of nitrogens with zero attached hydrogens (tertiary/aromatic N) is 1. The molecule has 0 bridgehead atoms. The summed E-state index contributed by atoms with van der Waals surface area (Å²) in [5.74, 6) is -0.386. The van der Waals surface area contributed by atoms with Crippen LogP contribution in [0.15, 0.2) is 24.3 Å². The monoisotopic (exact) mass is 252 g/mol. The highest BCUT2D eigenvalue weighted by atomic mass is 16.6. The van der Waals surface area contributed by atoms with Gasteiger partial charge in [-0.1, -0.05) is 18.2 Å². The van der Waals surface area contributed by atoms with Crippen LogP contribution >= 0.6 is 0 Å². The van der Waals surface area contributed by atoms with Crippen molar-refractivity contribution in [1.29, 1.82) is 0 Å². The summed E-state index contributed by atoms with van der Waals surface area (Å²) in [6.45, 7) is 2.02. The predicted molar refractivity (Wildman–Crippen MR) is 66.0 cm³/mol. The lowest BCUT2D eigenvalue weighted by Crippen LogP contribution is -2.27. The van der Waals surface area contributed by atoms with Crippen molar-refractivity contribution in [3.8, 4) is 0 Å². The minimum absolute atomic E-state index is 0.0248. The van der Waals surface area contributed by atoms with Crippen molar-refractivity contribution in [2.45, 2.75) is 25.8 Å². The van der Waals surface area contributed by atoms with Gasteiger partial charge in [0.2, 0.25) is 0 Å². The summed E-state index contributed by atoms with van der Waals surface area (Å²) in [6, 6.07) is 5.89. The molecule has 0 spiro atoms. The molecule has 98 valence electrons. The fraction of sp³-hybridized carbons (Fsp3) is 0.417. The summed E-state index contributed by atoms with van der Waals surface area (Å²) in [7, 11) is 0. The predicted octanol–water partition coefficient (Wildman–Crippen LogP) is 1.42. The van der Waals surface area contributed by atoms with Crippen LogP contribution < -0.4 is 5.73 Å². The maximum atomic E-state index is 11.2. The number of carbonyl (C=O) groups excluding carboxylic acids is 1. The van der Waals surface area contributed by atoms with E-state index in [1.807, 2.05) is 0 Å². The van der Waals surface area contributed by atoms with Gasteiger partial charge in [0, 0.05) is 17.7 Å². The third-order valence-electron chi connectivity index (χ3n) is 2.40. The van der Waals surface area contributed by atoms with Gasteiger partial charge in [-0.05, 0) is 13.3 Å². The van der Waals surface area contributed by atoms with E-state index in [9.17, 15) is 14.9 Å². The minimum Gasteiger partial charge on any atom is -0.466 e. The Morgan fingerprint density at radius 1 is 1.50 bits per heavy atom. The number of nitro groups is 1. The van der Waals surface area contributed by atoms with E-state index in [1.54, 1.807) is 25.1 Å². The molecule has 1 atom stereocenters. The molecule has 18 heavy (non-hydrogen) atoms.